The average Bonchev–Trinajstić information content (AvgIpc) is 3.60. The number of nitrogens with one attached hydrogen (secondary N) is 1. The second-order valence-electron chi connectivity index (χ2n) is 11.2. The van der Waals surface area contributed by atoms with E-state index in [0.717, 1.165) is 18.4 Å². The molecule has 1 saturated carbocycles. The lowest BCUT2D eigenvalue weighted by molar-refractivity contribution is -0.147. The lowest BCUT2D eigenvalue weighted by Gasteiger charge is -2.36. The number of aryl methyl sites for hydroxylation is 2. The summed E-state index contributed by atoms with van der Waals surface area (Å²) in [5, 5.41) is 8.20. The van der Waals surface area contributed by atoms with Crippen LogP contribution in [-0.2, 0) is 16.6 Å². The Balaban J connectivity index is 1.62. The number of Topliss-reactive ketones (excluding diaryl/α,β-unsaturated/α-hetero) is 1. The zero-order valence-electron chi connectivity index (χ0n) is 23.7. The SMILES string of the molecule is COc1cccc(C2C(C(=O)c3ccc(Cl)s3)C(c3c(C)nn(C)c3Cl)N(C(=O)C3CC3)C2C(=O)N2CCNCC2)c1. The molecule has 0 bridgehead atoms. The fourth-order valence-corrected chi connectivity index (χ4v) is 7.85. The minimum absolute atomic E-state index is 0.125. The molecule has 9 nitrogen and oxygen atoms in total. The molecule has 3 aliphatic rings. The molecule has 4 heterocycles. The average molecular weight is 631 g/mol. The number of benzene rings is 1. The third-order valence-electron chi connectivity index (χ3n) is 8.62. The molecule has 42 heavy (non-hydrogen) atoms. The predicted octanol–water partition coefficient (Wildman–Crippen LogP) is 4.48. The maximum absolute atomic E-state index is 14.7. The van der Waals surface area contributed by atoms with Gasteiger partial charge in [0.1, 0.15) is 16.9 Å². The highest BCUT2D eigenvalue weighted by atomic mass is 35.5. The number of carbonyl (C=O) groups excluding carboxylic acids is 3. The van der Waals surface area contributed by atoms with Crippen LogP contribution >= 0.6 is 34.5 Å². The first kappa shape index (κ1) is 29.2. The molecule has 4 atom stereocenters. The molecule has 3 fully saturated rings. The largest absolute Gasteiger partial charge is 0.497 e. The number of likely N-dealkylation sites (tertiary alicyclic amines) is 1. The molecule has 2 aliphatic heterocycles. The summed E-state index contributed by atoms with van der Waals surface area (Å²) in [5.41, 5.74) is 1.96. The molecular weight excluding hydrogens is 597 g/mol. The Morgan fingerprint density at radius 1 is 1.07 bits per heavy atom. The molecule has 0 radical (unpaired) electrons. The molecule has 1 aromatic carbocycles. The number of halogens is 2. The van der Waals surface area contributed by atoms with Gasteiger partial charge in [0.25, 0.3) is 0 Å². The van der Waals surface area contributed by atoms with Gasteiger partial charge < -0.3 is 19.9 Å². The highest BCUT2D eigenvalue weighted by Crippen LogP contribution is 2.55. The number of thiophene rings is 1. The normalized spacial score (nSPS) is 24.2. The molecule has 1 N–H and O–H groups in total. The molecule has 1 aliphatic carbocycles. The topological polar surface area (TPSA) is 96.8 Å². The molecular formula is C30H33Cl2N5O4S. The van der Waals surface area contributed by atoms with E-state index in [1.54, 1.807) is 35.9 Å². The summed E-state index contributed by atoms with van der Waals surface area (Å²) in [5.74, 6) is -1.57. The summed E-state index contributed by atoms with van der Waals surface area (Å²) < 4.78 is 7.61. The van der Waals surface area contributed by atoms with E-state index in [4.69, 9.17) is 27.9 Å². The molecule has 3 aromatic rings. The number of methoxy groups -OCH3 is 1. The fourth-order valence-electron chi connectivity index (χ4n) is 6.53. The number of nitrogens with zero attached hydrogens (tertiary/aromatic N) is 4. The Hall–Kier alpha value is -2.92. The molecule has 0 spiro atoms. The Labute approximate surface area is 258 Å². The Morgan fingerprint density at radius 2 is 1.81 bits per heavy atom. The van der Waals surface area contributed by atoms with Crippen LogP contribution in [0, 0.1) is 18.8 Å². The van der Waals surface area contributed by atoms with E-state index in [-0.39, 0.29) is 23.5 Å². The van der Waals surface area contributed by atoms with E-state index in [2.05, 4.69) is 10.4 Å². The van der Waals surface area contributed by atoms with Crippen LogP contribution in [0.4, 0.5) is 0 Å². The minimum atomic E-state index is -0.923. The van der Waals surface area contributed by atoms with Gasteiger partial charge in [-0.3, -0.25) is 19.1 Å². The Bertz CT molecular complexity index is 1530. The van der Waals surface area contributed by atoms with Gasteiger partial charge in [-0.15, -0.1) is 11.3 Å². The van der Waals surface area contributed by atoms with Gasteiger partial charge >= 0.3 is 0 Å². The van der Waals surface area contributed by atoms with E-state index >= 15 is 0 Å². The maximum atomic E-state index is 14.7. The third-order valence-corrected chi connectivity index (χ3v) is 10.3. The van der Waals surface area contributed by atoms with Gasteiger partial charge in [-0.25, -0.2) is 0 Å². The van der Waals surface area contributed by atoms with Crippen LogP contribution in [0.15, 0.2) is 36.4 Å². The fraction of sp³-hybridized carbons (Fsp3) is 0.467. The standard InChI is InChI=1S/C30H33Cl2N5O4S/c1-16-22(28(32)35(2)34-16)25-24(27(38)20-9-10-21(31)42-20)23(18-5-4-6-19(15-18)41-3)26(37(25)29(39)17-7-8-17)30(40)36-13-11-33-12-14-36/h4-6,9-10,15,17,23-26,33H,7-8,11-14H2,1-3H3. The summed E-state index contributed by atoms with van der Waals surface area (Å²) in [4.78, 5) is 47.7. The number of hydrogen-bond acceptors (Lipinski definition) is 7. The molecule has 2 saturated heterocycles. The molecule has 12 heteroatoms. The quantitative estimate of drug-likeness (QED) is 0.387. The lowest BCUT2D eigenvalue weighted by atomic mass is 9.77. The Morgan fingerprint density at radius 3 is 2.40 bits per heavy atom. The number of hydrogen-bond donors (Lipinski definition) is 1. The second kappa shape index (κ2) is 11.6. The number of aromatic nitrogens is 2. The summed E-state index contributed by atoms with van der Waals surface area (Å²) >= 11 is 14.4. The van der Waals surface area contributed by atoms with Gasteiger partial charge in [-0.1, -0.05) is 35.3 Å². The van der Waals surface area contributed by atoms with Gasteiger partial charge in [0.15, 0.2) is 5.78 Å². The first-order valence-electron chi connectivity index (χ1n) is 14.2. The van der Waals surface area contributed by atoms with Gasteiger partial charge in [0.2, 0.25) is 11.8 Å². The molecule has 222 valence electrons. The van der Waals surface area contributed by atoms with E-state index in [9.17, 15) is 14.4 Å². The number of ketones is 1. The Kier molecular flexibility index (Phi) is 8.08. The highest BCUT2D eigenvalue weighted by molar-refractivity contribution is 7.18. The van der Waals surface area contributed by atoms with Crippen molar-refractivity contribution in [2.45, 2.75) is 37.8 Å². The van der Waals surface area contributed by atoms with Crippen LogP contribution in [0.2, 0.25) is 9.49 Å². The number of rotatable bonds is 7. The van der Waals surface area contributed by atoms with E-state index in [1.165, 1.54) is 11.3 Å². The summed E-state index contributed by atoms with van der Waals surface area (Å²) in [6.45, 7) is 4.18. The van der Waals surface area contributed by atoms with Crippen molar-refractivity contribution in [3.05, 3.63) is 67.6 Å². The van der Waals surface area contributed by atoms with Gasteiger partial charge in [-0.2, -0.15) is 5.10 Å². The van der Waals surface area contributed by atoms with Gasteiger partial charge in [0, 0.05) is 50.6 Å². The maximum Gasteiger partial charge on any atom is 0.246 e. The van der Waals surface area contributed by atoms with Crippen molar-refractivity contribution in [2.24, 2.45) is 18.9 Å². The number of piperazine rings is 1. The van der Waals surface area contributed by atoms with Crippen LogP contribution < -0.4 is 10.1 Å². The van der Waals surface area contributed by atoms with Crippen molar-refractivity contribution in [1.29, 1.82) is 0 Å². The molecule has 6 rings (SSSR count). The molecule has 2 aromatic heterocycles. The minimum Gasteiger partial charge on any atom is -0.497 e. The lowest BCUT2D eigenvalue weighted by Crippen LogP contribution is -2.55. The zero-order valence-corrected chi connectivity index (χ0v) is 26.0. The summed E-state index contributed by atoms with van der Waals surface area (Å²) in [7, 11) is 3.32. The summed E-state index contributed by atoms with van der Waals surface area (Å²) in [6.07, 6.45) is 1.50. The second-order valence-corrected chi connectivity index (χ2v) is 13.3. The predicted molar refractivity (Wildman–Crippen MR) is 161 cm³/mol. The van der Waals surface area contributed by atoms with Crippen molar-refractivity contribution < 1.29 is 19.1 Å². The van der Waals surface area contributed by atoms with E-state index in [0.29, 0.717) is 57.6 Å². The van der Waals surface area contributed by atoms with Crippen LogP contribution in [0.1, 0.15) is 51.3 Å². The van der Waals surface area contributed by atoms with Crippen molar-refractivity contribution in [3.8, 4) is 5.75 Å². The van der Waals surface area contributed by atoms with Gasteiger partial charge in [-0.05, 0) is 49.6 Å². The number of amides is 2. The van der Waals surface area contributed by atoms with Crippen LogP contribution in [0.3, 0.4) is 0 Å². The van der Waals surface area contributed by atoms with Crippen molar-refractivity contribution in [3.63, 3.8) is 0 Å². The monoisotopic (exact) mass is 629 g/mol. The van der Waals surface area contributed by atoms with Crippen molar-refractivity contribution in [1.82, 2.24) is 24.9 Å². The van der Waals surface area contributed by atoms with Crippen molar-refractivity contribution >= 4 is 52.1 Å². The van der Waals surface area contributed by atoms with Crippen LogP contribution in [0.5, 0.6) is 5.75 Å². The van der Waals surface area contributed by atoms with Crippen LogP contribution in [0.25, 0.3) is 0 Å². The smallest absolute Gasteiger partial charge is 0.246 e. The van der Waals surface area contributed by atoms with Crippen molar-refractivity contribution in [2.75, 3.05) is 33.3 Å². The third kappa shape index (κ3) is 5.12. The van der Waals surface area contributed by atoms with Gasteiger partial charge in [0.05, 0.1) is 34.0 Å². The highest BCUT2D eigenvalue weighted by Gasteiger charge is 2.60. The van der Waals surface area contributed by atoms with E-state index in [1.807, 2.05) is 36.1 Å². The molecule has 4 unspecified atom stereocenters. The summed E-state index contributed by atoms with van der Waals surface area (Å²) in [6, 6.07) is 9.14. The number of ether oxygens (including phenoxy) is 1. The first-order chi connectivity index (χ1) is 20.2. The number of carbonyl (C=O) groups is 3. The molecule has 2 amide bonds. The zero-order chi connectivity index (χ0) is 29.7. The van der Waals surface area contributed by atoms with E-state index < -0.39 is 23.9 Å². The van der Waals surface area contributed by atoms with Crippen LogP contribution in [-0.4, -0.2) is 76.5 Å². The first-order valence-corrected chi connectivity index (χ1v) is 15.7.